The maximum Gasteiger partial charge on any atom is 0.344 e. The van der Waals surface area contributed by atoms with E-state index in [1.807, 2.05) is 25.1 Å². The van der Waals surface area contributed by atoms with Gasteiger partial charge in [0.25, 0.3) is 0 Å². The zero-order chi connectivity index (χ0) is 10.6. The minimum absolute atomic E-state index is 0.657. The van der Waals surface area contributed by atoms with Crippen LogP contribution in [0.5, 0.6) is 5.75 Å². The van der Waals surface area contributed by atoms with Gasteiger partial charge in [0.05, 0.1) is 0 Å². The highest BCUT2D eigenvalue weighted by Gasteiger charge is 2.13. The van der Waals surface area contributed by atoms with Crippen molar-refractivity contribution in [1.82, 2.24) is 0 Å². The van der Waals surface area contributed by atoms with Gasteiger partial charge in [-0.2, -0.15) is 0 Å². The van der Waals surface area contributed by atoms with Crippen LogP contribution >= 0.6 is 0 Å². The van der Waals surface area contributed by atoms with Crippen LogP contribution in [0.1, 0.15) is 19.4 Å². The number of hydrogen-bond acceptors (Lipinski definition) is 2. The van der Waals surface area contributed by atoms with Crippen molar-refractivity contribution >= 4 is 5.97 Å². The highest BCUT2D eigenvalue weighted by atomic mass is 16.5. The SMILES string of the molecule is CCc1ccccc1OC(C)C(=O)O. The molecule has 0 aliphatic carbocycles. The van der Waals surface area contributed by atoms with Crippen LogP contribution in [0.15, 0.2) is 24.3 Å². The van der Waals surface area contributed by atoms with Crippen LogP contribution in [0, 0.1) is 0 Å². The lowest BCUT2D eigenvalue weighted by Crippen LogP contribution is -2.23. The van der Waals surface area contributed by atoms with E-state index in [4.69, 9.17) is 9.84 Å². The fourth-order valence-corrected chi connectivity index (χ4v) is 1.15. The lowest BCUT2D eigenvalue weighted by molar-refractivity contribution is -0.144. The first-order valence-electron chi connectivity index (χ1n) is 4.62. The summed E-state index contributed by atoms with van der Waals surface area (Å²) >= 11 is 0. The molecular formula is C11H14O3. The van der Waals surface area contributed by atoms with Crippen molar-refractivity contribution in [3.05, 3.63) is 29.8 Å². The third kappa shape index (κ3) is 2.49. The van der Waals surface area contributed by atoms with Crippen LogP contribution in [-0.4, -0.2) is 17.2 Å². The molecule has 1 unspecified atom stereocenters. The van der Waals surface area contributed by atoms with Crippen LogP contribution < -0.4 is 4.74 Å². The Morgan fingerprint density at radius 1 is 1.50 bits per heavy atom. The fourth-order valence-electron chi connectivity index (χ4n) is 1.15. The van der Waals surface area contributed by atoms with Crippen LogP contribution in [0.25, 0.3) is 0 Å². The van der Waals surface area contributed by atoms with Gasteiger partial charge >= 0.3 is 5.97 Å². The molecule has 0 saturated heterocycles. The average Bonchev–Trinajstić information content (AvgIpc) is 2.18. The summed E-state index contributed by atoms with van der Waals surface area (Å²) in [6.45, 7) is 3.53. The third-order valence-electron chi connectivity index (χ3n) is 2.01. The summed E-state index contributed by atoms with van der Waals surface area (Å²) in [5.74, 6) is -0.291. The Kier molecular flexibility index (Phi) is 3.51. The largest absolute Gasteiger partial charge is 0.479 e. The van der Waals surface area contributed by atoms with Crippen LogP contribution in [0.4, 0.5) is 0 Å². The molecule has 1 aromatic rings. The second kappa shape index (κ2) is 4.65. The summed E-state index contributed by atoms with van der Waals surface area (Å²) in [5.41, 5.74) is 1.03. The number of benzene rings is 1. The molecule has 1 N–H and O–H groups in total. The van der Waals surface area contributed by atoms with E-state index in [0.29, 0.717) is 5.75 Å². The summed E-state index contributed by atoms with van der Waals surface area (Å²) < 4.78 is 5.30. The van der Waals surface area contributed by atoms with Gasteiger partial charge < -0.3 is 9.84 Å². The van der Waals surface area contributed by atoms with Gasteiger partial charge in [-0.1, -0.05) is 25.1 Å². The van der Waals surface area contributed by atoms with Gasteiger partial charge in [-0.3, -0.25) is 0 Å². The Morgan fingerprint density at radius 2 is 2.14 bits per heavy atom. The Hall–Kier alpha value is -1.51. The summed E-state index contributed by atoms with van der Waals surface area (Å²) in [6.07, 6.45) is 0.0328. The number of aliphatic carboxylic acids is 1. The first-order chi connectivity index (χ1) is 6.65. The lowest BCUT2D eigenvalue weighted by atomic mass is 10.1. The first-order valence-corrected chi connectivity index (χ1v) is 4.62. The van der Waals surface area contributed by atoms with Crippen molar-refractivity contribution in [2.45, 2.75) is 26.4 Å². The van der Waals surface area contributed by atoms with E-state index in [1.165, 1.54) is 6.92 Å². The van der Waals surface area contributed by atoms with E-state index in [-0.39, 0.29) is 0 Å². The Labute approximate surface area is 83.3 Å². The van der Waals surface area contributed by atoms with E-state index in [9.17, 15) is 4.79 Å². The molecule has 76 valence electrons. The molecule has 0 bridgehead atoms. The molecule has 14 heavy (non-hydrogen) atoms. The summed E-state index contributed by atoms with van der Waals surface area (Å²) in [5, 5.41) is 8.68. The maximum atomic E-state index is 10.6. The maximum absolute atomic E-state index is 10.6. The molecule has 0 fully saturated rings. The second-order valence-corrected chi connectivity index (χ2v) is 3.06. The van der Waals surface area contributed by atoms with Crippen molar-refractivity contribution < 1.29 is 14.6 Å². The molecule has 1 aromatic carbocycles. The van der Waals surface area contributed by atoms with Gasteiger partial charge in [-0.25, -0.2) is 4.79 Å². The summed E-state index contributed by atoms with van der Waals surface area (Å²) in [6, 6.07) is 7.47. The average molecular weight is 194 g/mol. The fraction of sp³-hybridized carbons (Fsp3) is 0.364. The quantitative estimate of drug-likeness (QED) is 0.798. The molecule has 0 aromatic heterocycles. The summed E-state index contributed by atoms with van der Waals surface area (Å²) in [7, 11) is 0. The number of carboxylic acid groups (broad SMARTS) is 1. The van der Waals surface area contributed by atoms with E-state index < -0.39 is 12.1 Å². The smallest absolute Gasteiger partial charge is 0.344 e. The van der Waals surface area contributed by atoms with E-state index >= 15 is 0 Å². The minimum Gasteiger partial charge on any atom is -0.479 e. The standard InChI is InChI=1S/C11H14O3/c1-3-9-6-4-5-7-10(9)14-8(2)11(12)13/h4-8H,3H2,1-2H3,(H,12,13). The van der Waals surface area contributed by atoms with E-state index in [0.717, 1.165) is 12.0 Å². The Balaban J connectivity index is 2.80. The predicted octanol–water partition coefficient (Wildman–Crippen LogP) is 2.10. The Bertz CT molecular complexity index is 320. The number of hydrogen-bond donors (Lipinski definition) is 1. The van der Waals surface area contributed by atoms with Gasteiger partial charge in [0.15, 0.2) is 6.10 Å². The van der Waals surface area contributed by atoms with Gasteiger partial charge in [0, 0.05) is 0 Å². The molecule has 0 amide bonds. The molecule has 0 aliphatic heterocycles. The molecule has 0 spiro atoms. The number of carboxylic acids is 1. The van der Waals surface area contributed by atoms with Crippen molar-refractivity contribution in [3.8, 4) is 5.75 Å². The van der Waals surface area contributed by atoms with Crippen molar-refractivity contribution in [1.29, 1.82) is 0 Å². The van der Waals surface area contributed by atoms with Crippen LogP contribution in [-0.2, 0) is 11.2 Å². The van der Waals surface area contributed by atoms with Crippen LogP contribution in [0.2, 0.25) is 0 Å². The number of para-hydroxylation sites is 1. The van der Waals surface area contributed by atoms with Gasteiger partial charge in [0.1, 0.15) is 5.75 Å². The zero-order valence-electron chi connectivity index (χ0n) is 8.36. The lowest BCUT2D eigenvalue weighted by Gasteiger charge is -2.13. The summed E-state index contributed by atoms with van der Waals surface area (Å²) in [4.78, 5) is 10.6. The van der Waals surface area contributed by atoms with Gasteiger partial charge in [-0.05, 0) is 25.0 Å². The molecule has 0 heterocycles. The molecule has 0 saturated carbocycles. The monoisotopic (exact) mass is 194 g/mol. The molecular weight excluding hydrogens is 180 g/mol. The van der Waals surface area contributed by atoms with Crippen molar-refractivity contribution in [2.75, 3.05) is 0 Å². The normalized spacial score (nSPS) is 12.1. The van der Waals surface area contributed by atoms with Crippen molar-refractivity contribution in [2.24, 2.45) is 0 Å². The molecule has 3 heteroatoms. The van der Waals surface area contributed by atoms with E-state index in [1.54, 1.807) is 6.07 Å². The highest BCUT2D eigenvalue weighted by Crippen LogP contribution is 2.19. The minimum atomic E-state index is -0.948. The molecule has 0 aliphatic rings. The first kappa shape index (κ1) is 10.6. The molecule has 0 radical (unpaired) electrons. The van der Waals surface area contributed by atoms with Crippen molar-refractivity contribution in [3.63, 3.8) is 0 Å². The predicted molar refractivity (Wildman–Crippen MR) is 53.5 cm³/mol. The topological polar surface area (TPSA) is 46.5 Å². The van der Waals surface area contributed by atoms with Crippen LogP contribution in [0.3, 0.4) is 0 Å². The number of rotatable bonds is 4. The molecule has 3 nitrogen and oxygen atoms in total. The third-order valence-corrected chi connectivity index (χ3v) is 2.01. The molecule has 1 rings (SSSR count). The molecule has 1 atom stereocenters. The zero-order valence-corrected chi connectivity index (χ0v) is 8.36. The highest BCUT2D eigenvalue weighted by molar-refractivity contribution is 5.72. The van der Waals surface area contributed by atoms with Gasteiger partial charge in [0.2, 0.25) is 0 Å². The Morgan fingerprint density at radius 3 is 2.71 bits per heavy atom. The number of ether oxygens (including phenoxy) is 1. The number of aryl methyl sites for hydroxylation is 1. The second-order valence-electron chi connectivity index (χ2n) is 3.06. The van der Waals surface area contributed by atoms with E-state index in [2.05, 4.69) is 0 Å². The van der Waals surface area contributed by atoms with Gasteiger partial charge in [-0.15, -0.1) is 0 Å². The number of carbonyl (C=O) groups is 1.